The van der Waals surface area contributed by atoms with Gasteiger partial charge in [0, 0.05) is 6.54 Å². The van der Waals surface area contributed by atoms with Crippen LogP contribution in [-0.4, -0.2) is 30.5 Å². The molecule has 0 spiro atoms. The van der Waals surface area contributed by atoms with Crippen LogP contribution in [0.2, 0.25) is 0 Å². The van der Waals surface area contributed by atoms with Crippen molar-refractivity contribution in [2.45, 2.75) is 13.1 Å². The van der Waals surface area contributed by atoms with Crippen molar-refractivity contribution in [1.29, 1.82) is 0 Å². The van der Waals surface area contributed by atoms with Gasteiger partial charge in [-0.2, -0.15) is 0 Å². The molecule has 3 heterocycles. The molecule has 0 atom stereocenters. The van der Waals surface area contributed by atoms with Crippen molar-refractivity contribution in [1.82, 2.24) is 30.0 Å². The number of carbonyl (C=O) groups excluding carboxylic acids is 1. The fraction of sp³-hybridized carbons (Fsp3) is 0.182. The minimum Gasteiger partial charge on any atom is -0.297 e. The summed E-state index contributed by atoms with van der Waals surface area (Å²) in [6, 6.07) is 1.75. The molecule has 0 saturated carbocycles. The van der Waals surface area contributed by atoms with Gasteiger partial charge in [0.05, 0.1) is 24.5 Å². The Morgan fingerprint density at radius 2 is 2.29 bits per heavy atom. The number of carbonyl (C=O) groups is 1. The molecule has 0 aliphatic carbocycles. The van der Waals surface area contributed by atoms with Crippen molar-refractivity contribution in [2.24, 2.45) is 5.84 Å². The van der Waals surface area contributed by atoms with Gasteiger partial charge in [-0.15, -0.1) is 16.4 Å². The molecule has 9 nitrogen and oxygen atoms in total. The summed E-state index contributed by atoms with van der Waals surface area (Å²) in [5, 5.41) is 9.91. The first-order valence-electron chi connectivity index (χ1n) is 6.03. The van der Waals surface area contributed by atoms with Crippen LogP contribution in [-0.2, 0) is 13.1 Å². The lowest BCUT2D eigenvalue weighted by Crippen LogP contribution is -2.30. The third kappa shape index (κ3) is 2.53. The number of thiophene rings is 1. The summed E-state index contributed by atoms with van der Waals surface area (Å²) in [7, 11) is 0. The molecule has 0 aliphatic heterocycles. The molecule has 0 unspecified atom stereocenters. The molecule has 0 aliphatic rings. The quantitative estimate of drug-likeness (QED) is 0.375. The van der Waals surface area contributed by atoms with Crippen LogP contribution in [0.5, 0.6) is 0 Å². The number of nitrogens with two attached hydrogens (primary N) is 1. The van der Waals surface area contributed by atoms with E-state index in [0.29, 0.717) is 18.5 Å². The molecule has 21 heavy (non-hydrogen) atoms. The van der Waals surface area contributed by atoms with Crippen LogP contribution in [0.1, 0.15) is 10.5 Å². The molecule has 0 radical (unpaired) electrons. The van der Waals surface area contributed by atoms with Gasteiger partial charge in [-0.05, 0) is 11.4 Å². The largest absolute Gasteiger partial charge is 0.297 e. The van der Waals surface area contributed by atoms with Gasteiger partial charge >= 0.3 is 0 Å². The molecule has 0 bridgehead atoms. The number of hydrogen-bond donors (Lipinski definition) is 2. The molecular formula is C11H11N7O2S. The molecule has 10 heteroatoms. The second kappa shape index (κ2) is 5.42. The highest BCUT2D eigenvalue weighted by Gasteiger charge is 2.09. The average molecular weight is 305 g/mol. The monoisotopic (exact) mass is 305 g/mol. The van der Waals surface area contributed by atoms with Crippen molar-refractivity contribution >= 4 is 27.5 Å². The topological polar surface area (TPSA) is 121 Å². The summed E-state index contributed by atoms with van der Waals surface area (Å²) < 4.78 is 2.97. The molecule has 3 aromatic heterocycles. The van der Waals surface area contributed by atoms with Crippen molar-refractivity contribution in [3.8, 4) is 0 Å². The van der Waals surface area contributed by atoms with E-state index in [0.717, 1.165) is 4.83 Å². The number of amides is 1. The van der Waals surface area contributed by atoms with Crippen LogP contribution in [0, 0.1) is 0 Å². The zero-order valence-corrected chi connectivity index (χ0v) is 11.6. The molecule has 0 fully saturated rings. The van der Waals surface area contributed by atoms with E-state index in [1.54, 1.807) is 6.07 Å². The normalized spacial score (nSPS) is 10.9. The van der Waals surface area contributed by atoms with Crippen molar-refractivity contribution in [3.63, 3.8) is 0 Å². The summed E-state index contributed by atoms with van der Waals surface area (Å²) in [5.41, 5.74) is 2.00. The van der Waals surface area contributed by atoms with E-state index in [1.807, 2.05) is 10.8 Å². The summed E-state index contributed by atoms with van der Waals surface area (Å²) >= 11 is 1.43. The van der Waals surface area contributed by atoms with Crippen molar-refractivity contribution in [3.05, 3.63) is 40.0 Å². The standard InChI is InChI=1S/C11H11N7O2S/c12-14-9(19)8-5-18(16-15-8)3-2-17-6-13-10-7(11(17)20)1-4-21-10/h1,4-6H,2-3,12H2,(H,14,19). The predicted molar refractivity (Wildman–Crippen MR) is 75.6 cm³/mol. The molecule has 3 N–H and O–H groups in total. The maximum Gasteiger partial charge on any atom is 0.287 e. The summed E-state index contributed by atoms with van der Waals surface area (Å²) in [6.07, 6.45) is 2.97. The fourth-order valence-electron chi connectivity index (χ4n) is 1.85. The van der Waals surface area contributed by atoms with E-state index < -0.39 is 5.91 Å². The number of rotatable bonds is 4. The number of nitrogen functional groups attached to an aromatic ring is 1. The van der Waals surface area contributed by atoms with Gasteiger partial charge in [0.1, 0.15) is 4.83 Å². The molecule has 108 valence electrons. The van der Waals surface area contributed by atoms with Gasteiger partial charge < -0.3 is 0 Å². The Morgan fingerprint density at radius 1 is 1.43 bits per heavy atom. The van der Waals surface area contributed by atoms with E-state index in [2.05, 4.69) is 15.3 Å². The van der Waals surface area contributed by atoms with Gasteiger partial charge in [0.2, 0.25) is 0 Å². The zero-order valence-electron chi connectivity index (χ0n) is 10.8. The summed E-state index contributed by atoms with van der Waals surface area (Å²) in [5.74, 6) is 4.50. The SMILES string of the molecule is NNC(=O)c1cn(CCn2cnc3sccc3c2=O)nn1. The van der Waals surface area contributed by atoms with E-state index in [1.165, 1.54) is 33.1 Å². The third-order valence-electron chi connectivity index (χ3n) is 2.92. The van der Waals surface area contributed by atoms with Crippen LogP contribution in [0.25, 0.3) is 10.2 Å². The van der Waals surface area contributed by atoms with Crippen LogP contribution >= 0.6 is 11.3 Å². The van der Waals surface area contributed by atoms with Crippen molar-refractivity contribution < 1.29 is 4.79 Å². The van der Waals surface area contributed by atoms with E-state index in [4.69, 9.17) is 5.84 Å². The molecule has 1 amide bonds. The second-order valence-electron chi connectivity index (χ2n) is 4.22. The first kappa shape index (κ1) is 13.4. The van der Waals surface area contributed by atoms with E-state index >= 15 is 0 Å². The third-order valence-corrected chi connectivity index (χ3v) is 3.74. The molecular weight excluding hydrogens is 294 g/mol. The number of nitrogens with one attached hydrogen (secondary N) is 1. The maximum absolute atomic E-state index is 12.2. The molecule has 0 aromatic carbocycles. The summed E-state index contributed by atoms with van der Waals surface area (Å²) in [4.78, 5) is 28.4. The Labute approximate surface area is 122 Å². The Hall–Kier alpha value is -2.59. The lowest BCUT2D eigenvalue weighted by atomic mass is 10.4. The van der Waals surface area contributed by atoms with Gasteiger partial charge in [-0.25, -0.2) is 15.5 Å². The lowest BCUT2D eigenvalue weighted by Gasteiger charge is -2.04. The number of aromatic nitrogens is 5. The molecule has 3 aromatic rings. The van der Waals surface area contributed by atoms with Gasteiger partial charge in [0.25, 0.3) is 11.5 Å². The van der Waals surface area contributed by atoms with Crippen LogP contribution in [0.4, 0.5) is 0 Å². The minimum absolute atomic E-state index is 0.0960. The van der Waals surface area contributed by atoms with Crippen molar-refractivity contribution in [2.75, 3.05) is 0 Å². The Kier molecular flexibility index (Phi) is 3.46. The van der Waals surface area contributed by atoms with Crippen LogP contribution < -0.4 is 16.8 Å². The maximum atomic E-state index is 12.2. The predicted octanol–water partition coefficient (Wildman–Crippen LogP) is -0.647. The molecule has 0 saturated heterocycles. The Bertz CT molecular complexity index is 849. The van der Waals surface area contributed by atoms with Crippen LogP contribution in [0.15, 0.2) is 28.8 Å². The first-order valence-corrected chi connectivity index (χ1v) is 6.90. The first-order chi connectivity index (χ1) is 10.2. The summed E-state index contributed by atoms with van der Waals surface area (Å²) in [6.45, 7) is 0.771. The highest BCUT2D eigenvalue weighted by molar-refractivity contribution is 7.16. The van der Waals surface area contributed by atoms with Crippen LogP contribution in [0.3, 0.4) is 0 Å². The zero-order chi connectivity index (χ0) is 14.8. The highest BCUT2D eigenvalue weighted by atomic mass is 32.1. The fourth-order valence-corrected chi connectivity index (χ4v) is 2.57. The number of hydrogen-bond acceptors (Lipinski definition) is 7. The smallest absolute Gasteiger partial charge is 0.287 e. The molecule has 3 rings (SSSR count). The number of fused-ring (bicyclic) bond motifs is 1. The highest BCUT2D eigenvalue weighted by Crippen LogP contribution is 2.13. The van der Waals surface area contributed by atoms with Gasteiger partial charge in [-0.1, -0.05) is 5.21 Å². The minimum atomic E-state index is -0.514. The van der Waals surface area contributed by atoms with Gasteiger partial charge in [-0.3, -0.25) is 19.6 Å². The number of aryl methyl sites for hydroxylation is 2. The Morgan fingerprint density at radius 3 is 3.10 bits per heavy atom. The van der Waals surface area contributed by atoms with Gasteiger partial charge in [0.15, 0.2) is 5.69 Å². The van der Waals surface area contributed by atoms with E-state index in [-0.39, 0.29) is 11.3 Å². The number of hydrazine groups is 1. The number of nitrogens with zero attached hydrogens (tertiary/aromatic N) is 5. The lowest BCUT2D eigenvalue weighted by molar-refractivity contribution is 0.0948. The van der Waals surface area contributed by atoms with E-state index in [9.17, 15) is 9.59 Å². The Balaban J connectivity index is 1.77. The second-order valence-corrected chi connectivity index (χ2v) is 5.12. The average Bonchev–Trinajstić information content (AvgIpc) is 3.15.